The Morgan fingerprint density at radius 3 is 2.54 bits per heavy atom. The van der Waals surface area contributed by atoms with E-state index in [0.29, 0.717) is 17.8 Å². The summed E-state index contributed by atoms with van der Waals surface area (Å²) in [7, 11) is 0. The molecule has 0 aromatic rings. The molecule has 0 bridgehead atoms. The third-order valence-electron chi connectivity index (χ3n) is 3.83. The highest BCUT2D eigenvalue weighted by Crippen LogP contribution is 2.46. The van der Waals surface area contributed by atoms with Gasteiger partial charge in [0.2, 0.25) is 0 Å². The zero-order valence-corrected chi connectivity index (χ0v) is 7.89. The molecular formula is C11H18O2. The molecule has 0 spiro atoms. The van der Waals surface area contributed by atoms with Gasteiger partial charge in [-0.15, -0.1) is 0 Å². The van der Waals surface area contributed by atoms with E-state index in [2.05, 4.69) is 12.2 Å². The summed E-state index contributed by atoms with van der Waals surface area (Å²) in [5.74, 6) is 2.05. The molecule has 2 nitrogen and oxygen atoms in total. The molecule has 13 heavy (non-hydrogen) atoms. The Balaban J connectivity index is 2.09. The molecule has 74 valence electrons. The van der Waals surface area contributed by atoms with E-state index in [1.807, 2.05) is 0 Å². The van der Waals surface area contributed by atoms with Crippen molar-refractivity contribution in [3.63, 3.8) is 0 Å². The molecule has 0 saturated heterocycles. The standard InChI is InChI=1S/C11H18O2/c12-6-9-5-8-3-1-2-4-10(8)11(9)7-13/h1-2,8-13H,3-7H2/t8-,9-,10-,11-/m1/s1. The van der Waals surface area contributed by atoms with E-state index in [0.717, 1.165) is 25.2 Å². The van der Waals surface area contributed by atoms with E-state index >= 15 is 0 Å². The minimum absolute atomic E-state index is 0.248. The van der Waals surface area contributed by atoms with Crippen molar-refractivity contribution in [1.82, 2.24) is 0 Å². The lowest BCUT2D eigenvalue weighted by Gasteiger charge is -2.25. The van der Waals surface area contributed by atoms with Crippen LogP contribution in [-0.2, 0) is 0 Å². The monoisotopic (exact) mass is 182 g/mol. The molecule has 0 amide bonds. The topological polar surface area (TPSA) is 40.5 Å². The van der Waals surface area contributed by atoms with Crippen LogP contribution in [0.3, 0.4) is 0 Å². The number of aliphatic hydroxyl groups is 2. The Morgan fingerprint density at radius 1 is 1.08 bits per heavy atom. The molecular weight excluding hydrogens is 164 g/mol. The average Bonchev–Trinajstić information content (AvgIpc) is 2.55. The van der Waals surface area contributed by atoms with Gasteiger partial charge in [-0.1, -0.05) is 12.2 Å². The lowest BCUT2D eigenvalue weighted by molar-refractivity contribution is 0.115. The molecule has 0 aromatic heterocycles. The number of aliphatic hydroxyl groups excluding tert-OH is 2. The SMILES string of the molecule is OC[C@H]1C[C@H]2CC=CC[C@H]2[C@@H]1CO. The Kier molecular flexibility index (Phi) is 2.70. The highest BCUT2D eigenvalue weighted by molar-refractivity contribution is 5.02. The normalized spacial score (nSPS) is 43.5. The average molecular weight is 182 g/mol. The number of hydrogen-bond donors (Lipinski definition) is 2. The van der Waals surface area contributed by atoms with E-state index in [9.17, 15) is 10.2 Å². The summed E-state index contributed by atoms with van der Waals surface area (Å²) < 4.78 is 0. The molecule has 0 aliphatic heterocycles. The van der Waals surface area contributed by atoms with Crippen LogP contribution in [0.15, 0.2) is 12.2 Å². The summed E-state index contributed by atoms with van der Waals surface area (Å²) in [4.78, 5) is 0. The van der Waals surface area contributed by atoms with Gasteiger partial charge < -0.3 is 10.2 Å². The van der Waals surface area contributed by atoms with E-state index in [1.54, 1.807) is 0 Å². The Hall–Kier alpha value is -0.340. The number of fused-ring (bicyclic) bond motifs is 1. The van der Waals surface area contributed by atoms with E-state index in [1.165, 1.54) is 0 Å². The quantitative estimate of drug-likeness (QED) is 0.630. The minimum Gasteiger partial charge on any atom is -0.396 e. The van der Waals surface area contributed by atoms with Crippen molar-refractivity contribution in [2.45, 2.75) is 19.3 Å². The van der Waals surface area contributed by atoms with Gasteiger partial charge in [-0.2, -0.15) is 0 Å². The molecule has 2 aliphatic carbocycles. The highest BCUT2D eigenvalue weighted by Gasteiger charge is 2.41. The first-order valence-electron chi connectivity index (χ1n) is 5.23. The van der Waals surface area contributed by atoms with Gasteiger partial charge in [0.1, 0.15) is 0 Å². The van der Waals surface area contributed by atoms with Crippen LogP contribution < -0.4 is 0 Å². The van der Waals surface area contributed by atoms with Crippen molar-refractivity contribution in [2.24, 2.45) is 23.7 Å². The smallest absolute Gasteiger partial charge is 0.0465 e. The molecule has 0 unspecified atom stereocenters. The largest absolute Gasteiger partial charge is 0.396 e. The summed E-state index contributed by atoms with van der Waals surface area (Å²) in [6, 6.07) is 0. The zero-order valence-electron chi connectivity index (χ0n) is 7.89. The number of allylic oxidation sites excluding steroid dienone is 2. The second kappa shape index (κ2) is 3.81. The van der Waals surface area contributed by atoms with Crippen LogP contribution in [-0.4, -0.2) is 23.4 Å². The maximum absolute atomic E-state index is 9.27. The van der Waals surface area contributed by atoms with Crippen molar-refractivity contribution in [3.05, 3.63) is 12.2 Å². The number of hydrogen-bond acceptors (Lipinski definition) is 2. The van der Waals surface area contributed by atoms with Crippen LogP contribution >= 0.6 is 0 Å². The fraction of sp³-hybridized carbons (Fsp3) is 0.818. The summed E-state index contributed by atoms with van der Waals surface area (Å²) in [6.45, 7) is 0.498. The summed E-state index contributed by atoms with van der Waals surface area (Å²) in [5.41, 5.74) is 0. The van der Waals surface area contributed by atoms with Crippen molar-refractivity contribution < 1.29 is 10.2 Å². The van der Waals surface area contributed by atoms with Crippen molar-refractivity contribution in [1.29, 1.82) is 0 Å². The molecule has 2 heteroatoms. The van der Waals surface area contributed by atoms with Gasteiger partial charge in [-0.25, -0.2) is 0 Å². The van der Waals surface area contributed by atoms with Crippen LogP contribution in [0, 0.1) is 23.7 Å². The molecule has 0 aromatic carbocycles. The lowest BCUT2D eigenvalue weighted by atomic mass is 9.81. The first kappa shape index (κ1) is 9.22. The Labute approximate surface area is 79.3 Å². The van der Waals surface area contributed by atoms with E-state index in [-0.39, 0.29) is 13.2 Å². The predicted octanol–water partition coefficient (Wildman–Crippen LogP) is 1.19. The Bertz CT molecular complexity index is 200. The number of rotatable bonds is 2. The molecule has 2 N–H and O–H groups in total. The molecule has 0 radical (unpaired) electrons. The van der Waals surface area contributed by atoms with Gasteiger partial charge in [0.25, 0.3) is 0 Å². The Morgan fingerprint density at radius 2 is 1.85 bits per heavy atom. The predicted molar refractivity (Wildman–Crippen MR) is 51.1 cm³/mol. The maximum Gasteiger partial charge on any atom is 0.0465 e. The zero-order chi connectivity index (χ0) is 9.26. The van der Waals surface area contributed by atoms with Crippen molar-refractivity contribution in [2.75, 3.05) is 13.2 Å². The van der Waals surface area contributed by atoms with Gasteiger partial charge in [0.05, 0.1) is 0 Å². The molecule has 4 atom stereocenters. The van der Waals surface area contributed by atoms with Gasteiger partial charge in [-0.05, 0) is 42.9 Å². The molecule has 0 heterocycles. The molecule has 1 saturated carbocycles. The van der Waals surface area contributed by atoms with E-state index in [4.69, 9.17) is 0 Å². The van der Waals surface area contributed by atoms with Gasteiger partial charge in [0, 0.05) is 13.2 Å². The van der Waals surface area contributed by atoms with Gasteiger partial charge in [0.15, 0.2) is 0 Å². The first-order valence-corrected chi connectivity index (χ1v) is 5.23. The van der Waals surface area contributed by atoms with E-state index < -0.39 is 0 Å². The fourth-order valence-corrected chi connectivity index (χ4v) is 3.09. The third-order valence-corrected chi connectivity index (χ3v) is 3.83. The second-order valence-electron chi connectivity index (χ2n) is 4.39. The van der Waals surface area contributed by atoms with Crippen LogP contribution in [0.1, 0.15) is 19.3 Å². The van der Waals surface area contributed by atoms with Crippen molar-refractivity contribution in [3.8, 4) is 0 Å². The fourth-order valence-electron chi connectivity index (χ4n) is 3.09. The van der Waals surface area contributed by atoms with Gasteiger partial charge >= 0.3 is 0 Å². The summed E-state index contributed by atoms with van der Waals surface area (Å²) >= 11 is 0. The maximum atomic E-state index is 9.27. The molecule has 2 rings (SSSR count). The van der Waals surface area contributed by atoms with Crippen LogP contribution in [0.2, 0.25) is 0 Å². The minimum atomic E-state index is 0.248. The van der Waals surface area contributed by atoms with Crippen LogP contribution in [0.5, 0.6) is 0 Å². The second-order valence-corrected chi connectivity index (χ2v) is 4.39. The van der Waals surface area contributed by atoms with Crippen molar-refractivity contribution >= 4 is 0 Å². The third kappa shape index (κ3) is 1.53. The highest BCUT2D eigenvalue weighted by atomic mass is 16.3. The summed E-state index contributed by atoms with van der Waals surface area (Å²) in [5, 5.41) is 18.5. The molecule has 1 fully saturated rings. The van der Waals surface area contributed by atoms with Crippen LogP contribution in [0.25, 0.3) is 0 Å². The first-order chi connectivity index (χ1) is 6.36. The molecule has 2 aliphatic rings. The summed E-state index contributed by atoms with van der Waals surface area (Å²) in [6.07, 6.45) is 7.83. The lowest BCUT2D eigenvalue weighted by Crippen LogP contribution is -2.23. The van der Waals surface area contributed by atoms with Gasteiger partial charge in [-0.3, -0.25) is 0 Å². The van der Waals surface area contributed by atoms with Crippen LogP contribution in [0.4, 0.5) is 0 Å².